The van der Waals surface area contributed by atoms with E-state index in [0.717, 1.165) is 0 Å². The van der Waals surface area contributed by atoms with E-state index < -0.39 is 0 Å². The number of hydrogen-bond donors (Lipinski definition) is 0. The summed E-state index contributed by atoms with van der Waals surface area (Å²) in [6.45, 7) is 0. The van der Waals surface area contributed by atoms with Crippen LogP contribution in [0.3, 0.4) is 0 Å². The van der Waals surface area contributed by atoms with E-state index in [9.17, 15) is 0 Å². The van der Waals surface area contributed by atoms with Crippen molar-refractivity contribution in [3.8, 4) is 55.6 Å². The van der Waals surface area contributed by atoms with Crippen LogP contribution < -0.4 is 0 Å². The van der Waals surface area contributed by atoms with Gasteiger partial charge in [-0.1, -0.05) is 36.4 Å². The van der Waals surface area contributed by atoms with Crippen molar-refractivity contribution >= 4 is 87.7 Å². The minimum atomic E-state index is 0.102. The molecule has 0 radical (unpaired) electrons. The van der Waals surface area contributed by atoms with Crippen molar-refractivity contribution < 1.29 is 0 Å². The van der Waals surface area contributed by atoms with Crippen LogP contribution in [-0.2, 0) is 0 Å². The second kappa shape index (κ2) is 14.5. The molecule has 0 atom stereocenters. The summed E-state index contributed by atoms with van der Waals surface area (Å²) in [6, 6.07) is 85.8. The van der Waals surface area contributed by atoms with Gasteiger partial charge < -0.3 is 0 Å². The Hall–Kier alpha value is -7.54. The molecule has 0 aliphatic heterocycles. The standard InChI is InChI=1S/C62H38Se/c1-2-18-41(19-3-1)57-45-22-6-10-26-49(45)59(50-27-11-7-23-46(50)57)53-31-16-34-56-61(53)55-33-15-32-54(62(55)63-56)60-51-28-12-8-24-47(51)58(48-25-9-13-29-52(48)60)42-37-35-40(36-38-42)44-30-14-20-39-17-4-5-21-43(39)44/h1-38H. The Morgan fingerprint density at radius 1 is 0.222 bits per heavy atom. The molecular formula is C62H38Se. The van der Waals surface area contributed by atoms with Gasteiger partial charge in [0, 0.05) is 0 Å². The summed E-state index contributed by atoms with van der Waals surface area (Å²) in [4.78, 5) is 0. The van der Waals surface area contributed by atoms with E-state index in [1.54, 1.807) is 0 Å². The van der Waals surface area contributed by atoms with Gasteiger partial charge in [0.1, 0.15) is 0 Å². The van der Waals surface area contributed by atoms with Crippen molar-refractivity contribution in [2.75, 3.05) is 0 Å². The van der Waals surface area contributed by atoms with Gasteiger partial charge in [-0.15, -0.1) is 0 Å². The quantitative estimate of drug-likeness (QED) is 0.119. The van der Waals surface area contributed by atoms with E-state index in [4.69, 9.17) is 0 Å². The molecule has 0 aliphatic carbocycles. The summed E-state index contributed by atoms with van der Waals surface area (Å²) in [7, 11) is 0. The van der Waals surface area contributed by atoms with E-state index in [1.807, 2.05) is 0 Å². The Morgan fingerprint density at radius 3 is 1.19 bits per heavy atom. The van der Waals surface area contributed by atoms with Crippen LogP contribution in [0.4, 0.5) is 0 Å². The van der Waals surface area contributed by atoms with Crippen LogP contribution in [0.5, 0.6) is 0 Å². The van der Waals surface area contributed by atoms with Gasteiger partial charge in [-0.25, -0.2) is 0 Å². The molecule has 13 aromatic rings. The summed E-state index contributed by atoms with van der Waals surface area (Å²) >= 11 is 0.102. The van der Waals surface area contributed by atoms with Crippen LogP contribution >= 0.6 is 0 Å². The first kappa shape index (κ1) is 36.1. The van der Waals surface area contributed by atoms with Crippen LogP contribution in [0, 0.1) is 0 Å². The first-order chi connectivity index (χ1) is 31.3. The van der Waals surface area contributed by atoms with E-state index in [2.05, 4.69) is 231 Å². The average Bonchev–Trinajstić information content (AvgIpc) is 3.75. The molecular weight excluding hydrogens is 824 g/mol. The predicted molar refractivity (Wildman–Crippen MR) is 273 cm³/mol. The average molecular weight is 862 g/mol. The number of fused-ring (bicyclic) bond motifs is 8. The van der Waals surface area contributed by atoms with Gasteiger partial charge in [-0.05, 0) is 5.39 Å². The summed E-state index contributed by atoms with van der Waals surface area (Å²) in [5.74, 6) is 0. The Balaban J connectivity index is 1.04. The zero-order chi connectivity index (χ0) is 41.4. The van der Waals surface area contributed by atoms with Crippen molar-refractivity contribution in [3.63, 3.8) is 0 Å². The molecule has 1 heteroatoms. The van der Waals surface area contributed by atoms with Crippen LogP contribution in [0.2, 0.25) is 0 Å². The Bertz CT molecular complexity index is 3830. The normalized spacial score (nSPS) is 11.8. The van der Waals surface area contributed by atoms with Crippen molar-refractivity contribution in [3.05, 3.63) is 231 Å². The third-order valence-electron chi connectivity index (χ3n) is 13.3. The Labute approximate surface area is 371 Å². The van der Waals surface area contributed by atoms with Gasteiger partial charge in [-0.2, -0.15) is 0 Å². The maximum absolute atomic E-state index is 2.39. The molecule has 0 saturated carbocycles. The third kappa shape index (κ3) is 5.61. The van der Waals surface area contributed by atoms with E-state index in [-0.39, 0.29) is 14.5 Å². The molecule has 292 valence electrons. The molecule has 0 fully saturated rings. The molecule has 0 N–H and O–H groups in total. The first-order valence-corrected chi connectivity index (χ1v) is 23.5. The predicted octanol–water partition coefficient (Wildman–Crippen LogP) is 17.2. The zero-order valence-corrected chi connectivity index (χ0v) is 36.1. The topological polar surface area (TPSA) is 0 Å². The van der Waals surface area contributed by atoms with Gasteiger partial charge in [0.05, 0.1) is 0 Å². The molecule has 12 aromatic carbocycles. The molecule has 0 nitrogen and oxygen atoms in total. The molecule has 0 bridgehead atoms. The molecule has 63 heavy (non-hydrogen) atoms. The molecule has 13 rings (SSSR count). The number of rotatable bonds is 5. The van der Waals surface area contributed by atoms with Gasteiger partial charge in [0.15, 0.2) is 0 Å². The SMILES string of the molecule is c1ccc(-c2c3ccccc3c(-c3cccc4[se]c5c(-c6c7ccccc7c(-c7ccc(-c8cccc9ccccc89)cc7)c7ccccc67)cccc5c34)c3ccccc23)cc1. The van der Waals surface area contributed by atoms with Crippen LogP contribution in [-0.4, -0.2) is 14.5 Å². The molecule has 0 amide bonds. The summed E-state index contributed by atoms with van der Waals surface area (Å²) in [6.07, 6.45) is 0. The summed E-state index contributed by atoms with van der Waals surface area (Å²) in [5, 5.41) is 15.6. The van der Waals surface area contributed by atoms with Crippen molar-refractivity contribution in [1.29, 1.82) is 0 Å². The van der Waals surface area contributed by atoms with Gasteiger partial charge >= 0.3 is 332 Å². The molecule has 1 aromatic heterocycles. The number of benzene rings is 12. The van der Waals surface area contributed by atoms with Gasteiger partial charge in [-0.3, -0.25) is 0 Å². The van der Waals surface area contributed by atoms with E-state index in [1.165, 1.54) is 129 Å². The van der Waals surface area contributed by atoms with Crippen molar-refractivity contribution in [2.45, 2.75) is 0 Å². The number of hydrogen-bond acceptors (Lipinski definition) is 0. The van der Waals surface area contributed by atoms with E-state index >= 15 is 0 Å². The Morgan fingerprint density at radius 2 is 0.603 bits per heavy atom. The fourth-order valence-corrected chi connectivity index (χ4v) is 13.2. The second-order valence-corrected chi connectivity index (χ2v) is 18.8. The van der Waals surface area contributed by atoms with Crippen molar-refractivity contribution in [1.82, 2.24) is 0 Å². The maximum atomic E-state index is 2.39. The van der Waals surface area contributed by atoms with Gasteiger partial charge in [0.2, 0.25) is 0 Å². The minimum absolute atomic E-state index is 0.102. The third-order valence-corrected chi connectivity index (χ3v) is 15.8. The first-order valence-electron chi connectivity index (χ1n) is 21.8. The van der Waals surface area contributed by atoms with Crippen molar-refractivity contribution in [2.24, 2.45) is 0 Å². The fourth-order valence-electron chi connectivity index (χ4n) is 10.6. The van der Waals surface area contributed by atoms with Crippen LogP contribution in [0.15, 0.2) is 231 Å². The molecule has 1 heterocycles. The van der Waals surface area contributed by atoms with E-state index in [0.29, 0.717) is 0 Å². The summed E-state index contributed by atoms with van der Waals surface area (Å²) < 4.78 is 2.91. The second-order valence-electron chi connectivity index (χ2n) is 16.6. The Kier molecular flexibility index (Phi) is 8.34. The zero-order valence-electron chi connectivity index (χ0n) is 34.3. The molecule has 0 unspecified atom stereocenters. The fraction of sp³-hybridized carbons (Fsp3) is 0. The molecule has 0 saturated heterocycles. The van der Waals surface area contributed by atoms with Crippen LogP contribution in [0.1, 0.15) is 0 Å². The van der Waals surface area contributed by atoms with Crippen LogP contribution in [0.25, 0.3) is 129 Å². The molecule has 0 spiro atoms. The molecule has 0 aliphatic rings. The summed E-state index contributed by atoms with van der Waals surface area (Å²) in [5.41, 5.74) is 12.9. The monoisotopic (exact) mass is 862 g/mol. The van der Waals surface area contributed by atoms with Gasteiger partial charge in [0.25, 0.3) is 0 Å².